The summed E-state index contributed by atoms with van der Waals surface area (Å²) in [5.74, 6) is 0. The first-order chi connectivity index (χ1) is 7.74. The highest BCUT2D eigenvalue weighted by molar-refractivity contribution is 7.89. The highest BCUT2D eigenvalue weighted by Crippen LogP contribution is 2.22. The lowest BCUT2D eigenvalue weighted by Gasteiger charge is -2.13. The third kappa shape index (κ3) is 3.42. The Bertz CT molecular complexity index is 510. The smallest absolute Gasteiger partial charge is 0.241 e. The van der Waals surface area contributed by atoms with Crippen molar-refractivity contribution < 1.29 is 13.5 Å². The number of aliphatic hydroxyl groups excluding tert-OH is 1. The third-order valence-corrected chi connectivity index (χ3v) is 3.95. The van der Waals surface area contributed by atoms with E-state index in [4.69, 9.17) is 10.8 Å². The van der Waals surface area contributed by atoms with Crippen LogP contribution in [0.2, 0.25) is 0 Å². The molecule has 0 bridgehead atoms. The Balaban J connectivity index is 3.15. The van der Waals surface area contributed by atoms with E-state index in [1.165, 1.54) is 6.92 Å². The van der Waals surface area contributed by atoms with Crippen molar-refractivity contribution in [1.82, 2.24) is 4.72 Å². The number of hydrogen-bond donors (Lipinski definition) is 3. The highest BCUT2D eigenvalue weighted by Gasteiger charge is 2.18. The van der Waals surface area contributed by atoms with Crippen LogP contribution in [0.15, 0.2) is 17.0 Å². The van der Waals surface area contributed by atoms with Gasteiger partial charge in [-0.2, -0.15) is 0 Å². The summed E-state index contributed by atoms with van der Waals surface area (Å²) < 4.78 is 26.3. The van der Waals surface area contributed by atoms with E-state index in [0.717, 1.165) is 5.56 Å². The Morgan fingerprint density at radius 2 is 2.00 bits per heavy atom. The second-order valence-corrected chi connectivity index (χ2v) is 5.91. The molecule has 4 N–H and O–H groups in total. The van der Waals surface area contributed by atoms with E-state index in [2.05, 4.69) is 4.72 Å². The van der Waals surface area contributed by atoms with E-state index in [1.807, 2.05) is 0 Å². The molecule has 0 heterocycles. The quantitative estimate of drug-likeness (QED) is 0.687. The van der Waals surface area contributed by atoms with Crippen molar-refractivity contribution in [3.63, 3.8) is 0 Å². The van der Waals surface area contributed by atoms with Gasteiger partial charge in [-0.1, -0.05) is 0 Å². The zero-order valence-electron chi connectivity index (χ0n) is 10.2. The van der Waals surface area contributed by atoms with Crippen LogP contribution in [-0.2, 0) is 10.0 Å². The summed E-state index contributed by atoms with van der Waals surface area (Å²) in [6.07, 6.45) is -0.729. The van der Waals surface area contributed by atoms with Gasteiger partial charge in [-0.25, -0.2) is 13.1 Å². The average Bonchev–Trinajstić information content (AvgIpc) is 2.20. The number of benzene rings is 1. The fourth-order valence-electron chi connectivity index (χ4n) is 1.44. The second-order valence-electron chi connectivity index (χ2n) is 4.18. The van der Waals surface area contributed by atoms with Crippen molar-refractivity contribution in [2.75, 3.05) is 12.3 Å². The standard InChI is InChI=1S/C11H18N2O3S/c1-7-4-10(12)9(3)11(5-7)17(15,16)13-6-8(2)14/h4-5,8,13-14H,6,12H2,1-3H3. The van der Waals surface area contributed by atoms with E-state index in [-0.39, 0.29) is 11.4 Å². The number of nitrogen functional groups attached to an aromatic ring is 1. The highest BCUT2D eigenvalue weighted by atomic mass is 32.2. The first kappa shape index (κ1) is 14.0. The van der Waals surface area contributed by atoms with Gasteiger partial charge in [0, 0.05) is 12.2 Å². The van der Waals surface area contributed by atoms with Crippen LogP contribution in [0, 0.1) is 13.8 Å². The summed E-state index contributed by atoms with van der Waals surface area (Å²) in [5, 5.41) is 9.09. The molecule has 0 aliphatic heterocycles. The van der Waals surface area contributed by atoms with Gasteiger partial charge in [-0.15, -0.1) is 0 Å². The number of anilines is 1. The average molecular weight is 258 g/mol. The van der Waals surface area contributed by atoms with Crippen molar-refractivity contribution in [3.8, 4) is 0 Å². The molecule has 0 spiro atoms. The Kier molecular flexibility index (Phi) is 4.13. The van der Waals surface area contributed by atoms with Gasteiger partial charge in [0.2, 0.25) is 10.0 Å². The molecule has 96 valence electrons. The molecule has 0 radical (unpaired) electrons. The number of nitrogens with two attached hydrogens (primary N) is 1. The van der Waals surface area contributed by atoms with Gasteiger partial charge in [0.1, 0.15) is 0 Å². The van der Waals surface area contributed by atoms with Crippen LogP contribution in [0.5, 0.6) is 0 Å². The summed E-state index contributed by atoms with van der Waals surface area (Å²) in [7, 11) is -3.62. The zero-order valence-corrected chi connectivity index (χ0v) is 11.0. The lowest BCUT2D eigenvalue weighted by atomic mass is 10.1. The molecule has 1 aromatic rings. The molecule has 0 aromatic heterocycles. The van der Waals surface area contributed by atoms with Crippen LogP contribution >= 0.6 is 0 Å². The Morgan fingerprint density at radius 1 is 1.41 bits per heavy atom. The minimum absolute atomic E-state index is 0.0182. The molecular formula is C11H18N2O3S. The van der Waals surface area contributed by atoms with Gasteiger partial charge in [-0.3, -0.25) is 0 Å². The molecule has 1 rings (SSSR count). The van der Waals surface area contributed by atoms with Gasteiger partial charge in [-0.05, 0) is 44.0 Å². The van der Waals surface area contributed by atoms with Crippen molar-refractivity contribution in [2.24, 2.45) is 0 Å². The summed E-state index contributed by atoms with van der Waals surface area (Å²) in [5.41, 5.74) is 7.48. The predicted molar refractivity (Wildman–Crippen MR) is 67.2 cm³/mol. The minimum atomic E-state index is -3.62. The third-order valence-electron chi connectivity index (χ3n) is 2.40. The molecule has 1 unspecified atom stereocenters. The summed E-state index contributed by atoms with van der Waals surface area (Å²) >= 11 is 0. The molecule has 0 aliphatic carbocycles. The second kappa shape index (κ2) is 5.03. The number of sulfonamides is 1. The van der Waals surface area contributed by atoms with E-state index in [9.17, 15) is 8.42 Å². The molecule has 17 heavy (non-hydrogen) atoms. The fourth-order valence-corrected chi connectivity index (χ4v) is 2.92. The number of hydrogen-bond acceptors (Lipinski definition) is 4. The maximum Gasteiger partial charge on any atom is 0.241 e. The Morgan fingerprint density at radius 3 is 2.53 bits per heavy atom. The van der Waals surface area contributed by atoms with Gasteiger partial charge in [0.15, 0.2) is 0 Å². The molecule has 1 aromatic carbocycles. The maximum atomic E-state index is 12.0. The van der Waals surface area contributed by atoms with Crippen LogP contribution in [0.1, 0.15) is 18.1 Å². The largest absolute Gasteiger partial charge is 0.398 e. The fraction of sp³-hybridized carbons (Fsp3) is 0.455. The van der Waals surface area contributed by atoms with Gasteiger partial charge in [0.05, 0.1) is 11.0 Å². The van der Waals surface area contributed by atoms with E-state index in [0.29, 0.717) is 11.3 Å². The lowest BCUT2D eigenvalue weighted by Crippen LogP contribution is -2.31. The molecule has 5 nitrogen and oxygen atoms in total. The van der Waals surface area contributed by atoms with Gasteiger partial charge < -0.3 is 10.8 Å². The molecule has 6 heteroatoms. The first-order valence-corrected chi connectivity index (χ1v) is 6.77. The van der Waals surface area contributed by atoms with E-state index in [1.54, 1.807) is 26.0 Å². The van der Waals surface area contributed by atoms with Crippen molar-refractivity contribution >= 4 is 15.7 Å². The van der Waals surface area contributed by atoms with Crippen LogP contribution in [0.3, 0.4) is 0 Å². The molecule has 0 fully saturated rings. The van der Waals surface area contributed by atoms with Crippen molar-refractivity contribution in [1.29, 1.82) is 0 Å². The summed E-state index contributed by atoms with van der Waals surface area (Å²) in [6.45, 7) is 4.94. The Hall–Kier alpha value is -1.11. The number of nitrogens with one attached hydrogen (secondary N) is 1. The molecule has 0 aliphatic rings. The SMILES string of the molecule is Cc1cc(N)c(C)c(S(=O)(=O)NCC(C)O)c1. The summed E-state index contributed by atoms with van der Waals surface area (Å²) in [4.78, 5) is 0.163. The summed E-state index contributed by atoms with van der Waals surface area (Å²) in [6, 6.07) is 3.29. The first-order valence-electron chi connectivity index (χ1n) is 5.28. The van der Waals surface area contributed by atoms with Crippen LogP contribution in [0.25, 0.3) is 0 Å². The Labute approximate surface area is 102 Å². The van der Waals surface area contributed by atoms with Crippen LogP contribution < -0.4 is 10.5 Å². The molecule has 1 atom stereocenters. The van der Waals surface area contributed by atoms with Crippen molar-refractivity contribution in [3.05, 3.63) is 23.3 Å². The lowest BCUT2D eigenvalue weighted by molar-refractivity contribution is 0.198. The topological polar surface area (TPSA) is 92.4 Å². The number of aryl methyl sites for hydroxylation is 1. The van der Waals surface area contributed by atoms with E-state index < -0.39 is 16.1 Å². The predicted octanol–water partition coefficient (Wildman–Crippen LogP) is 0.545. The minimum Gasteiger partial charge on any atom is -0.398 e. The molecule has 0 saturated heterocycles. The van der Waals surface area contributed by atoms with E-state index >= 15 is 0 Å². The van der Waals surface area contributed by atoms with Gasteiger partial charge >= 0.3 is 0 Å². The van der Waals surface area contributed by atoms with Crippen LogP contribution in [-0.4, -0.2) is 26.2 Å². The number of aliphatic hydroxyl groups is 1. The molecule has 0 amide bonds. The van der Waals surface area contributed by atoms with Crippen LogP contribution in [0.4, 0.5) is 5.69 Å². The monoisotopic (exact) mass is 258 g/mol. The normalized spacial score (nSPS) is 13.6. The zero-order chi connectivity index (χ0) is 13.2. The maximum absolute atomic E-state index is 12.0. The van der Waals surface area contributed by atoms with Gasteiger partial charge in [0.25, 0.3) is 0 Å². The molecular weight excluding hydrogens is 240 g/mol. The van der Waals surface area contributed by atoms with Crippen molar-refractivity contribution in [2.45, 2.75) is 31.8 Å². The molecule has 0 saturated carbocycles. The number of rotatable bonds is 4.